The lowest BCUT2D eigenvalue weighted by Gasteiger charge is -2.40. The summed E-state index contributed by atoms with van der Waals surface area (Å²) in [4.78, 5) is 0. The number of benzene rings is 2. The minimum Gasteiger partial charge on any atom is -0.494 e. The molecular weight excluding hydrogens is 400 g/mol. The highest BCUT2D eigenvalue weighted by Crippen LogP contribution is 2.36. The number of halogens is 1. The van der Waals surface area contributed by atoms with Crippen LogP contribution in [-0.4, -0.2) is 63.2 Å². The summed E-state index contributed by atoms with van der Waals surface area (Å²) in [5.41, 5.74) is 1.44. The highest BCUT2D eigenvalue weighted by Gasteiger charge is 2.44. The number of ether oxygens (including phenoxy) is 2. The number of aliphatic hydroxyl groups is 5. The van der Waals surface area contributed by atoms with Gasteiger partial charge in [-0.05, 0) is 42.3 Å². The third-order valence-electron chi connectivity index (χ3n) is 5.04. The minimum atomic E-state index is -1.49. The van der Waals surface area contributed by atoms with Crippen molar-refractivity contribution in [1.82, 2.24) is 0 Å². The molecule has 2 aromatic carbocycles. The molecule has 0 spiro atoms. The highest BCUT2D eigenvalue weighted by molar-refractivity contribution is 6.31. The van der Waals surface area contributed by atoms with Gasteiger partial charge in [-0.25, -0.2) is 0 Å². The zero-order chi connectivity index (χ0) is 21.1. The van der Waals surface area contributed by atoms with Crippen LogP contribution in [0.5, 0.6) is 5.75 Å². The Morgan fingerprint density at radius 3 is 2.34 bits per heavy atom. The van der Waals surface area contributed by atoms with Crippen LogP contribution in [-0.2, 0) is 4.74 Å². The summed E-state index contributed by atoms with van der Waals surface area (Å²) in [7, 11) is 0. The van der Waals surface area contributed by atoms with Crippen LogP contribution < -0.4 is 4.74 Å². The first kappa shape index (κ1) is 22.0. The molecule has 29 heavy (non-hydrogen) atoms. The Kier molecular flexibility index (Phi) is 7.13. The van der Waals surface area contributed by atoms with E-state index in [1.165, 1.54) is 0 Å². The van der Waals surface area contributed by atoms with Crippen LogP contribution in [0.3, 0.4) is 0 Å². The number of hydrogen-bond donors (Lipinski definition) is 5. The van der Waals surface area contributed by atoms with Crippen molar-refractivity contribution in [3.8, 4) is 5.75 Å². The van der Waals surface area contributed by atoms with Gasteiger partial charge in [0, 0.05) is 10.6 Å². The van der Waals surface area contributed by atoms with Gasteiger partial charge in [-0.15, -0.1) is 0 Å². The first-order valence-electron chi connectivity index (χ1n) is 9.38. The highest BCUT2D eigenvalue weighted by atomic mass is 35.5. The fourth-order valence-corrected chi connectivity index (χ4v) is 3.64. The molecule has 158 valence electrons. The molecular formula is C21H25ClO7. The van der Waals surface area contributed by atoms with Crippen molar-refractivity contribution in [2.75, 3.05) is 13.2 Å². The number of hydrogen-bond acceptors (Lipinski definition) is 7. The van der Waals surface area contributed by atoms with E-state index >= 15 is 0 Å². The van der Waals surface area contributed by atoms with Crippen LogP contribution in [0, 0.1) is 0 Å². The zero-order valence-electron chi connectivity index (χ0n) is 15.9. The lowest BCUT2D eigenvalue weighted by Crippen LogP contribution is -2.55. The van der Waals surface area contributed by atoms with Gasteiger partial charge in [-0.2, -0.15) is 0 Å². The lowest BCUT2D eigenvalue weighted by molar-refractivity contribution is -0.231. The van der Waals surface area contributed by atoms with Gasteiger partial charge >= 0.3 is 0 Å². The van der Waals surface area contributed by atoms with Gasteiger partial charge in [0.05, 0.1) is 13.2 Å². The second-order valence-electron chi connectivity index (χ2n) is 6.94. The maximum atomic E-state index is 10.8. The quantitative estimate of drug-likeness (QED) is 0.474. The van der Waals surface area contributed by atoms with E-state index in [9.17, 15) is 25.5 Å². The Morgan fingerprint density at radius 2 is 1.72 bits per heavy atom. The third kappa shape index (κ3) is 4.57. The summed E-state index contributed by atoms with van der Waals surface area (Å²) in [5.74, 6) is 0.685. The van der Waals surface area contributed by atoms with E-state index in [0.717, 1.165) is 0 Å². The number of aliphatic hydroxyl groups excluding tert-OH is 5. The van der Waals surface area contributed by atoms with Gasteiger partial charge in [-0.1, -0.05) is 29.8 Å². The predicted molar refractivity (Wildman–Crippen MR) is 106 cm³/mol. The van der Waals surface area contributed by atoms with Gasteiger partial charge in [0.1, 0.15) is 42.4 Å². The molecule has 0 aromatic heterocycles. The summed E-state index contributed by atoms with van der Waals surface area (Å²) in [6, 6.07) is 11.7. The molecule has 3 rings (SSSR count). The molecule has 0 bridgehead atoms. The molecule has 6 atom stereocenters. The maximum Gasteiger partial charge on any atom is 0.119 e. The molecule has 1 heterocycles. The molecule has 2 aromatic rings. The van der Waals surface area contributed by atoms with Crippen LogP contribution in [0.4, 0.5) is 0 Å². The van der Waals surface area contributed by atoms with Crippen molar-refractivity contribution < 1.29 is 35.0 Å². The van der Waals surface area contributed by atoms with E-state index in [-0.39, 0.29) is 0 Å². The molecule has 0 radical (unpaired) electrons. The van der Waals surface area contributed by atoms with Crippen molar-refractivity contribution >= 4 is 11.6 Å². The van der Waals surface area contributed by atoms with Crippen LogP contribution in [0.15, 0.2) is 42.5 Å². The maximum absolute atomic E-state index is 10.8. The normalized spacial score (nSPS) is 28.2. The first-order chi connectivity index (χ1) is 13.9. The molecule has 0 amide bonds. The summed E-state index contributed by atoms with van der Waals surface area (Å²) >= 11 is 6.29. The smallest absolute Gasteiger partial charge is 0.119 e. The van der Waals surface area contributed by atoms with Crippen molar-refractivity contribution in [3.05, 3.63) is 64.2 Å². The van der Waals surface area contributed by atoms with Crippen molar-refractivity contribution in [1.29, 1.82) is 0 Å². The Labute approximate surface area is 173 Å². The second kappa shape index (κ2) is 9.40. The largest absolute Gasteiger partial charge is 0.494 e. The fourth-order valence-electron chi connectivity index (χ4n) is 3.42. The molecule has 8 heteroatoms. The summed E-state index contributed by atoms with van der Waals surface area (Å²) < 4.78 is 11.0. The van der Waals surface area contributed by atoms with Crippen LogP contribution in [0.2, 0.25) is 5.02 Å². The van der Waals surface area contributed by atoms with Gasteiger partial charge < -0.3 is 35.0 Å². The standard InChI is InChI=1S/C21H25ClO7/c1-2-28-13-6-3-11(4-7-13)17(24)14-9-12(5-8-15(14)22)21-20(27)19(26)18(25)16(10-23)29-21/h3-9,16-21,23-27H,2,10H2,1H3. The monoisotopic (exact) mass is 424 g/mol. The number of rotatable bonds is 6. The third-order valence-corrected chi connectivity index (χ3v) is 5.39. The van der Waals surface area contributed by atoms with E-state index in [1.807, 2.05) is 6.92 Å². The van der Waals surface area contributed by atoms with Gasteiger partial charge in [-0.3, -0.25) is 0 Å². The van der Waals surface area contributed by atoms with Crippen LogP contribution >= 0.6 is 11.6 Å². The van der Waals surface area contributed by atoms with Gasteiger partial charge in [0.2, 0.25) is 0 Å². The van der Waals surface area contributed by atoms with Crippen LogP contribution in [0.1, 0.15) is 35.8 Å². The average molecular weight is 425 g/mol. The molecule has 1 fully saturated rings. The van der Waals surface area contributed by atoms with E-state index in [4.69, 9.17) is 21.1 Å². The molecule has 1 aliphatic rings. The van der Waals surface area contributed by atoms with Crippen molar-refractivity contribution in [2.24, 2.45) is 0 Å². The van der Waals surface area contributed by atoms with Crippen LogP contribution in [0.25, 0.3) is 0 Å². The molecule has 1 saturated heterocycles. The first-order valence-corrected chi connectivity index (χ1v) is 9.75. The fraction of sp³-hybridized carbons (Fsp3) is 0.429. The molecule has 1 aliphatic heterocycles. The van der Waals surface area contributed by atoms with Gasteiger partial charge in [0.15, 0.2) is 0 Å². The summed E-state index contributed by atoms with van der Waals surface area (Å²) in [6.45, 7) is 1.90. The molecule has 6 unspecified atom stereocenters. The topological polar surface area (TPSA) is 120 Å². The Balaban J connectivity index is 1.89. The zero-order valence-corrected chi connectivity index (χ0v) is 16.6. The van der Waals surface area contributed by atoms with Gasteiger partial charge in [0.25, 0.3) is 0 Å². The second-order valence-corrected chi connectivity index (χ2v) is 7.34. The van der Waals surface area contributed by atoms with Crippen molar-refractivity contribution in [3.63, 3.8) is 0 Å². The summed E-state index contributed by atoms with van der Waals surface area (Å²) in [5, 5.41) is 50.8. The molecule has 0 saturated carbocycles. The van der Waals surface area contributed by atoms with E-state index < -0.39 is 43.2 Å². The SMILES string of the molecule is CCOc1ccc(C(O)c2cc(C3OC(CO)C(O)C(O)C3O)ccc2Cl)cc1. The lowest BCUT2D eigenvalue weighted by atomic mass is 9.89. The van der Waals surface area contributed by atoms with E-state index in [0.29, 0.717) is 34.1 Å². The van der Waals surface area contributed by atoms with E-state index in [2.05, 4.69) is 0 Å². The average Bonchev–Trinajstić information content (AvgIpc) is 2.73. The van der Waals surface area contributed by atoms with Crippen molar-refractivity contribution in [2.45, 2.75) is 43.5 Å². The Hall–Kier alpha value is -1.71. The van der Waals surface area contributed by atoms with E-state index in [1.54, 1.807) is 42.5 Å². The summed E-state index contributed by atoms with van der Waals surface area (Å²) in [6.07, 6.45) is -7.40. The predicted octanol–water partition coefficient (Wildman–Crippen LogP) is 1.34. The minimum absolute atomic E-state index is 0.319. The molecule has 7 nitrogen and oxygen atoms in total. The molecule has 5 N–H and O–H groups in total. The Morgan fingerprint density at radius 1 is 1.03 bits per heavy atom. The Bertz CT molecular complexity index is 811. The molecule has 0 aliphatic carbocycles.